The zero-order valence-corrected chi connectivity index (χ0v) is 11.5. The molecule has 1 aromatic heterocycles. The second-order valence-corrected chi connectivity index (χ2v) is 4.64. The minimum absolute atomic E-state index is 0.150. The maximum atomic E-state index is 5.80. The first-order valence-electron chi connectivity index (χ1n) is 6.70. The van der Waals surface area contributed by atoms with Gasteiger partial charge in [0.15, 0.2) is 5.75 Å². The monoisotopic (exact) mass is 253 g/mol. The maximum Gasteiger partial charge on any atom is 0.161 e. The number of nitrogens with zero attached hydrogens (tertiary/aromatic N) is 2. The van der Waals surface area contributed by atoms with Crippen molar-refractivity contribution in [3.8, 4) is 5.75 Å². The molecule has 1 aromatic rings. The molecular formula is C13H23N3O2. The summed E-state index contributed by atoms with van der Waals surface area (Å²) in [4.78, 5) is 0. The topological polar surface area (TPSA) is 48.3 Å². The Morgan fingerprint density at radius 1 is 1.67 bits per heavy atom. The molecule has 0 saturated carbocycles. The van der Waals surface area contributed by atoms with Gasteiger partial charge >= 0.3 is 0 Å². The zero-order valence-electron chi connectivity index (χ0n) is 11.5. The Hall–Kier alpha value is -1.07. The second kappa shape index (κ2) is 6.20. The van der Waals surface area contributed by atoms with Gasteiger partial charge in [0.25, 0.3) is 0 Å². The number of aromatic nitrogens is 2. The molecule has 2 unspecified atom stereocenters. The third kappa shape index (κ3) is 2.52. The lowest BCUT2D eigenvalue weighted by molar-refractivity contribution is 0.0770. The molecule has 1 aliphatic rings. The van der Waals surface area contributed by atoms with Gasteiger partial charge in [0, 0.05) is 13.2 Å². The third-order valence-corrected chi connectivity index (χ3v) is 3.44. The van der Waals surface area contributed by atoms with Crippen molar-refractivity contribution in [1.29, 1.82) is 0 Å². The van der Waals surface area contributed by atoms with Gasteiger partial charge in [0.2, 0.25) is 0 Å². The molecule has 0 aromatic carbocycles. The zero-order chi connectivity index (χ0) is 13.0. The van der Waals surface area contributed by atoms with Crippen LogP contribution < -0.4 is 10.1 Å². The number of aryl methyl sites for hydroxylation is 1. The Bertz CT molecular complexity index is 372. The van der Waals surface area contributed by atoms with Gasteiger partial charge in [-0.1, -0.05) is 6.92 Å². The van der Waals surface area contributed by atoms with Crippen LogP contribution in [0.5, 0.6) is 5.75 Å². The maximum absolute atomic E-state index is 5.80. The highest BCUT2D eigenvalue weighted by atomic mass is 16.5. The predicted octanol–water partition coefficient (Wildman–Crippen LogP) is 1.74. The molecule has 2 atom stereocenters. The van der Waals surface area contributed by atoms with Crippen molar-refractivity contribution in [3.63, 3.8) is 0 Å². The molecule has 0 aliphatic carbocycles. The average Bonchev–Trinajstić information content (AvgIpc) is 3.02. The summed E-state index contributed by atoms with van der Waals surface area (Å²) in [5.41, 5.74) is 1.11. The molecule has 2 heterocycles. The number of methoxy groups -OCH3 is 1. The van der Waals surface area contributed by atoms with Gasteiger partial charge in [-0.2, -0.15) is 5.10 Å². The van der Waals surface area contributed by atoms with Gasteiger partial charge < -0.3 is 14.8 Å². The number of rotatable bonds is 6. The lowest BCUT2D eigenvalue weighted by Gasteiger charge is -2.24. The molecule has 0 spiro atoms. The number of hydrogen-bond donors (Lipinski definition) is 1. The summed E-state index contributed by atoms with van der Waals surface area (Å²) < 4.78 is 13.3. The van der Waals surface area contributed by atoms with E-state index in [-0.39, 0.29) is 12.1 Å². The normalized spacial score (nSPS) is 21.2. The minimum Gasteiger partial charge on any atom is -0.493 e. The molecule has 0 amide bonds. The predicted molar refractivity (Wildman–Crippen MR) is 69.8 cm³/mol. The molecule has 1 aliphatic heterocycles. The molecule has 18 heavy (non-hydrogen) atoms. The van der Waals surface area contributed by atoms with Crippen LogP contribution in [0.2, 0.25) is 0 Å². The van der Waals surface area contributed by atoms with Crippen LogP contribution in [0.1, 0.15) is 37.9 Å². The van der Waals surface area contributed by atoms with Crippen LogP contribution in [0.25, 0.3) is 0 Å². The summed E-state index contributed by atoms with van der Waals surface area (Å²) in [5.74, 6) is 0.846. The molecule has 1 saturated heterocycles. The number of likely N-dealkylation sites (N-methyl/N-ethyl adjacent to an activating group) is 1. The minimum atomic E-state index is 0.150. The van der Waals surface area contributed by atoms with Crippen molar-refractivity contribution in [2.45, 2.75) is 44.9 Å². The Labute approximate surface area is 108 Å². The average molecular weight is 253 g/mol. The van der Waals surface area contributed by atoms with Crippen molar-refractivity contribution in [2.24, 2.45) is 0 Å². The SMILES string of the molecule is CCCn1ncc(OC)c1C(NC)C1CCCO1. The van der Waals surface area contributed by atoms with Crippen LogP contribution in [-0.4, -0.2) is 36.6 Å². The van der Waals surface area contributed by atoms with Gasteiger partial charge in [-0.25, -0.2) is 0 Å². The van der Waals surface area contributed by atoms with E-state index in [0.29, 0.717) is 0 Å². The highest BCUT2D eigenvalue weighted by molar-refractivity contribution is 5.29. The fourth-order valence-corrected chi connectivity index (χ4v) is 2.60. The van der Waals surface area contributed by atoms with E-state index in [0.717, 1.165) is 43.9 Å². The highest BCUT2D eigenvalue weighted by Gasteiger charge is 2.31. The number of nitrogens with one attached hydrogen (secondary N) is 1. The van der Waals surface area contributed by atoms with E-state index in [1.165, 1.54) is 0 Å². The van der Waals surface area contributed by atoms with E-state index >= 15 is 0 Å². The third-order valence-electron chi connectivity index (χ3n) is 3.44. The molecule has 5 heteroatoms. The fourth-order valence-electron chi connectivity index (χ4n) is 2.60. The van der Waals surface area contributed by atoms with Crippen LogP contribution >= 0.6 is 0 Å². The van der Waals surface area contributed by atoms with E-state index in [9.17, 15) is 0 Å². The molecule has 5 nitrogen and oxygen atoms in total. The summed E-state index contributed by atoms with van der Waals surface area (Å²) in [6.07, 6.45) is 5.29. The van der Waals surface area contributed by atoms with Crippen LogP contribution in [0.15, 0.2) is 6.20 Å². The molecule has 1 fully saturated rings. The number of hydrogen-bond acceptors (Lipinski definition) is 4. The van der Waals surface area contributed by atoms with Crippen molar-refractivity contribution in [1.82, 2.24) is 15.1 Å². The second-order valence-electron chi connectivity index (χ2n) is 4.64. The molecule has 1 N–H and O–H groups in total. The van der Waals surface area contributed by atoms with Crippen molar-refractivity contribution in [3.05, 3.63) is 11.9 Å². The standard InChI is InChI=1S/C13H23N3O2/c1-4-7-16-13(11(17-3)9-15-16)12(14-2)10-6-5-8-18-10/h9-10,12,14H,4-8H2,1-3H3. The van der Waals surface area contributed by atoms with Crippen molar-refractivity contribution >= 4 is 0 Å². The Morgan fingerprint density at radius 3 is 3.06 bits per heavy atom. The summed E-state index contributed by atoms with van der Waals surface area (Å²) in [6, 6.07) is 0.150. The number of ether oxygens (including phenoxy) is 2. The van der Waals surface area contributed by atoms with Gasteiger partial charge in [-0.05, 0) is 26.3 Å². The van der Waals surface area contributed by atoms with Gasteiger partial charge in [0.05, 0.1) is 31.1 Å². The Kier molecular flexibility index (Phi) is 4.60. The summed E-state index contributed by atoms with van der Waals surface area (Å²) in [6.45, 7) is 3.91. The van der Waals surface area contributed by atoms with Crippen molar-refractivity contribution in [2.75, 3.05) is 20.8 Å². The van der Waals surface area contributed by atoms with E-state index in [1.54, 1.807) is 13.3 Å². The van der Waals surface area contributed by atoms with Crippen LogP contribution in [-0.2, 0) is 11.3 Å². The molecule has 102 valence electrons. The van der Waals surface area contributed by atoms with E-state index < -0.39 is 0 Å². The molecular weight excluding hydrogens is 230 g/mol. The molecule has 0 radical (unpaired) electrons. The van der Waals surface area contributed by atoms with E-state index in [4.69, 9.17) is 9.47 Å². The van der Waals surface area contributed by atoms with Crippen LogP contribution in [0.3, 0.4) is 0 Å². The molecule has 2 rings (SSSR count). The lowest BCUT2D eigenvalue weighted by atomic mass is 10.0. The van der Waals surface area contributed by atoms with Crippen molar-refractivity contribution < 1.29 is 9.47 Å². The summed E-state index contributed by atoms with van der Waals surface area (Å²) in [5, 5.41) is 7.77. The summed E-state index contributed by atoms with van der Waals surface area (Å²) in [7, 11) is 3.66. The largest absolute Gasteiger partial charge is 0.493 e. The Balaban J connectivity index is 2.29. The molecule has 0 bridgehead atoms. The Morgan fingerprint density at radius 2 is 2.50 bits per heavy atom. The van der Waals surface area contributed by atoms with Crippen LogP contribution in [0, 0.1) is 0 Å². The van der Waals surface area contributed by atoms with Gasteiger partial charge in [0.1, 0.15) is 0 Å². The fraction of sp³-hybridized carbons (Fsp3) is 0.769. The smallest absolute Gasteiger partial charge is 0.161 e. The summed E-state index contributed by atoms with van der Waals surface area (Å²) >= 11 is 0. The first kappa shape index (κ1) is 13.4. The highest BCUT2D eigenvalue weighted by Crippen LogP contribution is 2.32. The first-order chi connectivity index (χ1) is 8.81. The van der Waals surface area contributed by atoms with E-state index in [1.807, 2.05) is 11.7 Å². The first-order valence-corrected chi connectivity index (χ1v) is 6.70. The van der Waals surface area contributed by atoms with Gasteiger partial charge in [-0.3, -0.25) is 4.68 Å². The lowest BCUT2D eigenvalue weighted by Crippen LogP contribution is -2.31. The quantitative estimate of drug-likeness (QED) is 0.839. The van der Waals surface area contributed by atoms with E-state index in [2.05, 4.69) is 17.3 Å². The van der Waals surface area contributed by atoms with Gasteiger partial charge in [-0.15, -0.1) is 0 Å². The van der Waals surface area contributed by atoms with Crippen LogP contribution in [0.4, 0.5) is 0 Å².